The SMILES string of the molecule is CCOC(=O)C(C#N)=NOC(OP(=O)(OC(ON=C(C#N)C(=O)OCC)(N(C)C)N1CCOCC1)OC(ON=C(C#N)C(=O)OCC)(N(C)C)N1CCOCC1)(N(C)C)N1CCOCC1. The third-order valence-electron chi connectivity index (χ3n) is 9.11. The smallest absolute Gasteiger partial charge is 0.461 e. The normalized spacial score (nSPS) is 21.0. The van der Waals surface area contributed by atoms with Gasteiger partial charge in [0.1, 0.15) is 18.2 Å². The van der Waals surface area contributed by atoms with E-state index in [1.54, 1.807) is 18.2 Å². The van der Waals surface area contributed by atoms with Crippen LogP contribution in [0, 0.1) is 34.0 Å². The summed E-state index contributed by atoms with van der Waals surface area (Å²) >= 11 is 0. The van der Waals surface area contributed by atoms with Crippen LogP contribution in [0.4, 0.5) is 0 Å². The number of carbonyl (C=O) groups excluding carboxylic acids is 3. The lowest BCUT2D eigenvalue weighted by Gasteiger charge is -2.51. The van der Waals surface area contributed by atoms with Gasteiger partial charge in [0.15, 0.2) is 0 Å². The minimum absolute atomic E-state index is 0.0305. The van der Waals surface area contributed by atoms with Crippen molar-refractivity contribution < 1.29 is 75.5 Å². The highest BCUT2D eigenvalue weighted by Crippen LogP contribution is 2.61. The lowest BCUT2D eigenvalue weighted by molar-refractivity contribution is -0.403. The Labute approximate surface area is 376 Å². The first-order chi connectivity index (χ1) is 31.0. The number of ether oxygens (including phenoxy) is 6. The molecule has 3 fully saturated rings. The highest BCUT2D eigenvalue weighted by molar-refractivity contribution is 7.48. The highest BCUT2D eigenvalue weighted by atomic mass is 31.2. The fourth-order valence-electron chi connectivity index (χ4n) is 5.99. The average molecular weight is 945 g/mol. The van der Waals surface area contributed by atoms with Crippen LogP contribution in [-0.4, -0.2) is 224 Å². The van der Waals surface area contributed by atoms with E-state index in [0.29, 0.717) is 0 Å². The van der Waals surface area contributed by atoms with Gasteiger partial charge in [-0.15, -0.1) is 0 Å². The van der Waals surface area contributed by atoms with Crippen molar-refractivity contribution >= 4 is 42.9 Å². The monoisotopic (exact) mass is 944 g/mol. The molecular formula is C36H57N12O16P. The molecule has 0 spiro atoms. The molecule has 3 atom stereocenters. The first-order valence-corrected chi connectivity index (χ1v) is 21.7. The molecule has 0 saturated carbocycles. The van der Waals surface area contributed by atoms with E-state index < -0.39 is 61.0 Å². The topological polar surface area (TPSA) is 307 Å². The van der Waals surface area contributed by atoms with E-state index in [0.717, 1.165) is 0 Å². The van der Waals surface area contributed by atoms with Gasteiger partial charge in [-0.25, -0.2) is 61.9 Å². The Balaban J connectivity index is 2.53. The van der Waals surface area contributed by atoms with Gasteiger partial charge in [0.2, 0.25) is 0 Å². The van der Waals surface area contributed by atoms with Crippen molar-refractivity contribution in [2.75, 3.05) is 141 Å². The zero-order chi connectivity index (χ0) is 48.3. The molecule has 3 heterocycles. The van der Waals surface area contributed by atoms with E-state index >= 15 is 4.57 Å². The van der Waals surface area contributed by atoms with Crippen LogP contribution in [0.5, 0.6) is 0 Å². The summed E-state index contributed by atoms with van der Waals surface area (Å²) in [5.41, 5.74) is -2.63. The fraction of sp³-hybridized carbons (Fsp3) is 0.750. The van der Waals surface area contributed by atoms with E-state index in [-0.39, 0.29) is 98.7 Å². The van der Waals surface area contributed by atoms with Crippen LogP contribution >= 0.6 is 7.82 Å². The summed E-state index contributed by atoms with van der Waals surface area (Å²) in [4.78, 5) is 64.4. The molecule has 0 amide bonds. The predicted octanol–water partition coefficient (Wildman–Crippen LogP) is -0.963. The van der Waals surface area contributed by atoms with E-state index in [2.05, 4.69) is 15.5 Å². The predicted molar refractivity (Wildman–Crippen MR) is 220 cm³/mol. The zero-order valence-electron chi connectivity index (χ0n) is 38.0. The molecule has 3 saturated heterocycles. The summed E-state index contributed by atoms with van der Waals surface area (Å²) in [5.74, 6) is -3.50. The summed E-state index contributed by atoms with van der Waals surface area (Å²) in [5, 5.41) is 41.3. The molecule has 29 heteroatoms. The Morgan fingerprint density at radius 3 is 0.938 bits per heavy atom. The van der Waals surface area contributed by atoms with Crippen LogP contribution in [0.25, 0.3) is 0 Å². The van der Waals surface area contributed by atoms with E-state index in [9.17, 15) is 30.2 Å². The number of rotatable bonds is 24. The third-order valence-corrected chi connectivity index (χ3v) is 10.5. The molecular weight excluding hydrogens is 887 g/mol. The van der Waals surface area contributed by atoms with Crippen LogP contribution in [0.2, 0.25) is 0 Å². The van der Waals surface area contributed by atoms with Gasteiger partial charge in [0, 0.05) is 39.3 Å². The number of phosphoric ester groups is 1. The first-order valence-electron chi connectivity index (χ1n) is 20.2. The van der Waals surface area contributed by atoms with Crippen LogP contribution in [-0.2, 0) is 75.5 Å². The number of carbonyl (C=O) groups is 3. The Bertz CT molecular complexity index is 1680. The van der Waals surface area contributed by atoms with Crippen molar-refractivity contribution in [3.63, 3.8) is 0 Å². The second-order valence-corrected chi connectivity index (χ2v) is 15.4. The minimum atomic E-state index is -5.81. The van der Waals surface area contributed by atoms with Crippen molar-refractivity contribution in [3.05, 3.63) is 0 Å². The number of oxime groups is 3. The molecule has 0 aromatic carbocycles. The number of morpholine rings is 3. The lowest BCUT2D eigenvalue weighted by atomic mass is 10.4. The van der Waals surface area contributed by atoms with Gasteiger partial charge in [0.05, 0.1) is 59.5 Å². The average Bonchev–Trinajstić information content (AvgIpc) is 3.29. The maximum absolute atomic E-state index is 16.6. The Kier molecular flexibility index (Phi) is 21.5. The molecule has 0 aliphatic carbocycles. The molecule has 362 valence electrons. The largest absolute Gasteiger partial charge is 0.491 e. The van der Waals surface area contributed by atoms with Gasteiger partial charge in [-0.2, -0.15) is 15.8 Å². The molecule has 0 aromatic heterocycles. The number of esters is 3. The summed E-state index contributed by atoms with van der Waals surface area (Å²) in [6.07, 6.45) is 0. The Hall–Kier alpha value is -4.96. The van der Waals surface area contributed by atoms with Crippen molar-refractivity contribution in [1.82, 2.24) is 29.4 Å². The summed E-state index contributed by atoms with van der Waals surface area (Å²) < 4.78 is 68.0. The van der Waals surface area contributed by atoms with Crippen molar-refractivity contribution in [2.45, 2.75) is 38.9 Å². The van der Waals surface area contributed by atoms with E-state index in [1.165, 1.54) is 92.5 Å². The quantitative estimate of drug-likeness (QED) is 0.0281. The van der Waals surface area contributed by atoms with Gasteiger partial charge >= 0.3 is 43.8 Å². The lowest BCUT2D eigenvalue weighted by Crippen LogP contribution is -2.67. The standard InChI is InChI=1S/C36H57N12O16P/c1-10-56-31(49)28(25-37)40-59-34(43(4)5,46-13-19-53-20-14-46)62-65(52,63-35(44(6)7,47-15-21-54-22-16-47)60-41-29(26-38)32(50)57-11-2)64-36(45(8)9,48-17-23-55-24-18-48)61-42-30(27-39)33(51)58-12-3/h10-24H2,1-9H3. The number of hydrogen-bond acceptors (Lipinski definition) is 28. The summed E-state index contributed by atoms with van der Waals surface area (Å²) in [6, 6.07) is -2.96. The minimum Gasteiger partial charge on any atom is -0.461 e. The summed E-state index contributed by atoms with van der Waals surface area (Å²) in [7, 11) is 2.64. The van der Waals surface area contributed by atoms with Crippen LogP contribution in [0.3, 0.4) is 0 Å². The molecule has 28 nitrogen and oxygen atoms in total. The van der Waals surface area contributed by atoms with Crippen LogP contribution < -0.4 is 0 Å². The molecule has 65 heavy (non-hydrogen) atoms. The molecule has 3 aliphatic rings. The number of hydrogen-bond donors (Lipinski definition) is 0. The van der Waals surface area contributed by atoms with Gasteiger partial charge in [0.25, 0.3) is 17.1 Å². The van der Waals surface area contributed by atoms with E-state index in [1.807, 2.05) is 0 Å². The third kappa shape index (κ3) is 13.8. The molecule has 3 rings (SSSR count). The maximum atomic E-state index is 16.6. The van der Waals surface area contributed by atoms with Crippen molar-refractivity contribution in [2.24, 2.45) is 15.5 Å². The second-order valence-electron chi connectivity index (χ2n) is 13.9. The van der Waals surface area contributed by atoms with Gasteiger partial charge < -0.3 is 42.9 Å². The van der Waals surface area contributed by atoms with Crippen LogP contribution in [0.15, 0.2) is 15.5 Å². The van der Waals surface area contributed by atoms with Crippen molar-refractivity contribution in [3.8, 4) is 18.2 Å². The van der Waals surface area contributed by atoms with Gasteiger partial charge in [-0.1, -0.05) is 15.5 Å². The second kappa shape index (κ2) is 25.7. The van der Waals surface area contributed by atoms with E-state index in [4.69, 9.17) is 56.5 Å². The highest BCUT2D eigenvalue weighted by Gasteiger charge is 2.63. The van der Waals surface area contributed by atoms with Crippen molar-refractivity contribution in [1.29, 1.82) is 15.8 Å². The molecule has 3 aliphatic heterocycles. The molecule has 0 bridgehead atoms. The summed E-state index contributed by atoms with van der Waals surface area (Å²) in [6.45, 7) is 4.27. The van der Waals surface area contributed by atoms with Gasteiger partial charge in [-0.3, -0.25) is 0 Å². The first kappa shape index (κ1) is 54.4. The van der Waals surface area contributed by atoms with Gasteiger partial charge in [-0.05, 0) is 63.1 Å². The molecule has 0 aromatic rings. The number of nitriles is 3. The van der Waals surface area contributed by atoms with Crippen LogP contribution in [0.1, 0.15) is 20.8 Å². The zero-order valence-corrected chi connectivity index (χ0v) is 38.8. The molecule has 3 unspecified atom stereocenters. The Morgan fingerprint density at radius 1 is 0.523 bits per heavy atom. The number of phosphoric acid groups is 1. The Morgan fingerprint density at radius 2 is 0.754 bits per heavy atom. The maximum Gasteiger partial charge on any atom is 0.491 e. The number of nitrogens with zero attached hydrogens (tertiary/aromatic N) is 12. The molecule has 0 radical (unpaired) electrons. The fourth-order valence-corrected chi connectivity index (χ4v) is 7.91. The molecule has 0 N–H and O–H groups in total.